The number of nitrogens with one attached hydrogen (secondary N) is 1. The van der Waals surface area contributed by atoms with E-state index in [0.717, 1.165) is 12.1 Å². The van der Waals surface area contributed by atoms with E-state index in [1.165, 1.54) is 19.2 Å². The molecule has 114 valence electrons. The molecule has 0 aliphatic rings. The molecule has 1 aromatic carbocycles. The molecule has 1 atom stereocenters. The number of nitrogens with two attached hydrogens (primary N) is 1. The molecule has 0 heterocycles. The standard InChI is InChI=1S/C11H18N2O5S2/c1-9(8-18-2)7-13-20(16,17)11-5-3-10(4-6-11)19(12,14)15/h3-6,9,13H,7-8H2,1-2H3,(H2,12,14,15). The van der Waals surface area contributed by atoms with Crippen molar-refractivity contribution in [2.45, 2.75) is 16.7 Å². The molecule has 0 aliphatic carbocycles. The molecule has 0 saturated heterocycles. The molecule has 1 rings (SSSR count). The summed E-state index contributed by atoms with van der Waals surface area (Å²) in [6, 6.07) is 4.71. The van der Waals surface area contributed by atoms with Gasteiger partial charge in [-0.15, -0.1) is 0 Å². The summed E-state index contributed by atoms with van der Waals surface area (Å²) in [6.45, 7) is 2.51. The van der Waals surface area contributed by atoms with Gasteiger partial charge in [0, 0.05) is 20.3 Å². The van der Waals surface area contributed by atoms with Crippen LogP contribution in [0, 0.1) is 5.92 Å². The molecule has 3 N–H and O–H groups in total. The van der Waals surface area contributed by atoms with E-state index in [2.05, 4.69) is 4.72 Å². The fraction of sp³-hybridized carbons (Fsp3) is 0.455. The Morgan fingerprint density at radius 3 is 2.10 bits per heavy atom. The molecule has 0 aliphatic heterocycles. The van der Waals surface area contributed by atoms with Crippen molar-refractivity contribution in [3.05, 3.63) is 24.3 Å². The fourth-order valence-electron chi connectivity index (χ4n) is 1.49. The highest BCUT2D eigenvalue weighted by Gasteiger charge is 2.16. The highest BCUT2D eigenvalue weighted by Crippen LogP contribution is 2.13. The second-order valence-electron chi connectivity index (χ2n) is 4.43. The normalized spacial score (nSPS) is 14.2. The van der Waals surface area contributed by atoms with E-state index < -0.39 is 20.0 Å². The van der Waals surface area contributed by atoms with Gasteiger partial charge in [0.1, 0.15) is 0 Å². The lowest BCUT2D eigenvalue weighted by molar-refractivity contribution is 0.161. The van der Waals surface area contributed by atoms with E-state index in [4.69, 9.17) is 9.88 Å². The van der Waals surface area contributed by atoms with Crippen molar-refractivity contribution in [2.75, 3.05) is 20.3 Å². The van der Waals surface area contributed by atoms with E-state index in [-0.39, 0.29) is 22.3 Å². The minimum Gasteiger partial charge on any atom is -0.384 e. The van der Waals surface area contributed by atoms with Gasteiger partial charge < -0.3 is 4.74 Å². The van der Waals surface area contributed by atoms with E-state index in [1.807, 2.05) is 6.92 Å². The Labute approximate surface area is 119 Å². The van der Waals surface area contributed by atoms with Crippen molar-refractivity contribution in [3.63, 3.8) is 0 Å². The number of ether oxygens (including phenoxy) is 1. The van der Waals surface area contributed by atoms with Gasteiger partial charge in [0.25, 0.3) is 0 Å². The van der Waals surface area contributed by atoms with Crippen LogP contribution in [-0.2, 0) is 24.8 Å². The van der Waals surface area contributed by atoms with Gasteiger partial charge in [-0.3, -0.25) is 0 Å². The summed E-state index contributed by atoms with van der Waals surface area (Å²) >= 11 is 0. The van der Waals surface area contributed by atoms with Crippen LogP contribution in [0.25, 0.3) is 0 Å². The zero-order chi connectivity index (χ0) is 15.4. The maximum Gasteiger partial charge on any atom is 0.240 e. The first-order chi connectivity index (χ1) is 9.16. The number of rotatable bonds is 7. The molecule has 0 fully saturated rings. The molecule has 0 spiro atoms. The van der Waals surface area contributed by atoms with Crippen LogP contribution in [0.15, 0.2) is 34.1 Å². The number of primary sulfonamides is 1. The van der Waals surface area contributed by atoms with Crippen LogP contribution in [0.1, 0.15) is 6.92 Å². The highest BCUT2D eigenvalue weighted by atomic mass is 32.2. The quantitative estimate of drug-likeness (QED) is 0.727. The van der Waals surface area contributed by atoms with Gasteiger partial charge in [-0.05, 0) is 30.2 Å². The van der Waals surface area contributed by atoms with Crippen LogP contribution in [-0.4, -0.2) is 37.1 Å². The van der Waals surface area contributed by atoms with E-state index in [1.54, 1.807) is 0 Å². The Balaban J connectivity index is 2.83. The van der Waals surface area contributed by atoms with E-state index in [9.17, 15) is 16.8 Å². The first kappa shape index (κ1) is 17.1. The van der Waals surface area contributed by atoms with Gasteiger partial charge in [0.2, 0.25) is 20.0 Å². The average molecular weight is 322 g/mol. The van der Waals surface area contributed by atoms with Crippen molar-refractivity contribution in [3.8, 4) is 0 Å². The molecule has 0 radical (unpaired) electrons. The van der Waals surface area contributed by atoms with Crippen molar-refractivity contribution in [1.82, 2.24) is 4.72 Å². The minimum absolute atomic E-state index is 0.0190. The molecule has 1 aromatic rings. The third-order valence-electron chi connectivity index (χ3n) is 2.54. The van der Waals surface area contributed by atoms with Gasteiger partial charge in [-0.2, -0.15) is 0 Å². The zero-order valence-electron chi connectivity index (χ0n) is 11.2. The lowest BCUT2D eigenvalue weighted by atomic mass is 10.2. The molecule has 0 amide bonds. The molecular formula is C11H18N2O5S2. The Bertz CT molecular complexity index is 638. The van der Waals surface area contributed by atoms with Crippen molar-refractivity contribution >= 4 is 20.0 Å². The Hall–Kier alpha value is -1.00. The number of hydrogen-bond acceptors (Lipinski definition) is 5. The van der Waals surface area contributed by atoms with Gasteiger partial charge in [-0.25, -0.2) is 26.7 Å². The smallest absolute Gasteiger partial charge is 0.240 e. The van der Waals surface area contributed by atoms with Gasteiger partial charge in [0.05, 0.1) is 9.79 Å². The molecule has 0 bridgehead atoms. The summed E-state index contributed by atoms with van der Waals surface area (Å²) in [7, 11) is -5.97. The third kappa shape index (κ3) is 4.84. The number of hydrogen-bond donors (Lipinski definition) is 2. The second kappa shape index (κ2) is 6.64. The Kier molecular flexibility index (Phi) is 5.66. The van der Waals surface area contributed by atoms with E-state index >= 15 is 0 Å². The first-order valence-corrected chi connectivity index (χ1v) is 8.81. The van der Waals surface area contributed by atoms with Crippen molar-refractivity contribution < 1.29 is 21.6 Å². The molecule has 7 nitrogen and oxygen atoms in total. The monoisotopic (exact) mass is 322 g/mol. The fourth-order valence-corrected chi connectivity index (χ4v) is 3.17. The largest absolute Gasteiger partial charge is 0.384 e. The number of benzene rings is 1. The van der Waals surface area contributed by atoms with Gasteiger partial charge >= 0.3 is 0 Å². The first-order valence-electron chi connectivity index (χ1n) is 5.78. The van der Waals surface area contributed by atoms with E-state index in [0.29, 0.717) is 6.61 Å². The summed E-state index contributed by atoms with van der Waals surface area (Å²) in [6.07, 6.45) is 0. The van der Waals surface area contributed by atoms with Gasteiger partial charge in [-0.1, -0.05) is 6.92 Å². The molecule has 1 unspecified atom stereocenters. The van der Waals surface area contributed by atoms with Crippen LogP contribution >= 0.6 is 0 Å². The lowest BCUT2D eigenvalue weighted by Crippen LogP contribution is -2.30. The van der Waals surface area contributed by atoms with Crippen molar-refractivity contribution in [1.29, 1.82) is 0 Å². The Morgan fingerprint density at radius 2 is 1.65 bits per heavy atom. The minimum atomic E-state index is -3.83. The predicted molar refractivity (Wildman–Crippen MR) is 74.0 cm³/mol. The summed E-state index contributed by atoms with van der Waals surface area (Å²) in [5.74, 6) is 0.0264. The van der Waals surface area contributed by atoms with Crippen LogP contribution in [0.2, 0.25) is 0 Å². The van der Waals surface area contributed by atoms with Crippen molar-refractivity contribution in [2.24, 2.45) is 11.1 Å². The predicted octanol–water partition coefficient (Wildman–Crippen LogP) is -0.105. The maximum absolute atomic E-state index is 12.0. The zero-order valence-corrected chi connectivity index (χ0v) is 12.9. The number of sulfonamides is 2. The summed E-state index contributed by atoms with van der Waals surface area (Å²) in [5.41, 5.74) is 0. The highest BCUT2D eigenvalue weighted by molar-refractivity contribution is 7.89. The molecule has 9 heteroatoms. The SMILES string of the molecule is COCC(C)CNS(=O)(=O)c1ccc(S(N)(=O)=O)cc1. The third-order valence-corrected chi connectivity index (χ3v) is 4.90. The topological polar surface area (TPSA) is 116 Å². The summed E-state index contributed by atoms with van der Waals surface area (Å²) in [5, 5.41) is 4.94. The molecule has 20 heavy (non-hydrogen) atoms. The van der Waals surface area contributed by atoms with Crippen LogP contribution in [0.5, 0.6) is 0 Å². The summed E-state index contributed by atoms with van der Waals surface area (Å²) < 4.78 is 53.4. The number of methoxy groups -OCH3 is 1. The second-order valence-corrected chi connectivity index (χ2v) is 7.76. The Morgan fingerprint density at radius 1 is 1.15 bits per heavy atom. The van der Waals surface area contributed by atoms with Gasteiger partial charge in [0.15, 0.2) is 0 Å². The van der Waals surface area contributed by atoms with Crippen LogP contribution in [0.4, 0.5) is 0 Å². The maximum atomic E-state index is 12.0. The molecular weight excluding hydrogens is 304 g/mol. The van der Waals surface area contributed by atoms with Crippen LogP contribution in [0.3, 0.4) is 0 Å². The molecule has 0 saturated carbocycles. The van der Waals surface area contributed by atoms with Crippen LogP contribution < -0.4 is 9.86 Å². The lowest BCUT2D eigenvalue weighted by Gasteiger charge is -2.12. The average Bonchev–Trinajstić information content (AvgIpc) is 2.36. The summed E-state index contributed by atoms with van der Waals surface area (Å²) in [4.78, 5) is -0.154. The molecule has 0 aromatic heterocycles.